The Morgan fingerprint density at radius 1 is 0.862 bits per heavy atom. The van der Waals surface area contributed by atoms with E-state index in [0.29, 0.717) is 11.4 Å². The normalized spacial score (nSPS) is 12.7. The highest BCUT2D eigenvalue weighted by molar-refractivity contribution is 6.34. The van der Waals surface area contributed by atoms with Crippen LogP contribution in [0.15, 0.2) is 72.8 Å². The molecule has 6 nitrogen and oxygen atoms in total. The zero-order valence-electron chi connectivity index (χ0n) is 15.6. The van der Waals surface area contributed by atoms with Gasteiger partial charge in [-0.15, -0.1) is 0 Å². The van der Waals surface area contributed by atoms with Gasteiger partial charge >= 0.3 is 5.97 Å². The number of ether oxygens (including phenoxy) is 2. The van der Waals surface area contributed by atoms with Crippen LogP contribution in [0.3, 0.4) is 0 Å². The number of anilines is 1. The summed E-state index contributed by atoms with van der Waals surface area (Å²) < 4.78 is 10.4. The highest BCUT2D eigenvalue weighted by Gasteiger charge is 2.37. The molecule has 6 heteroatoms. The van der Waals surface area contributed by atoms with Gasteiger partial charge < -0.3 is 9.47 Å². The first-order chi connectivity index (χ1) is 14.1. The van der Waals surface area contributed by atoms with Crippen molar-refractivity contribution in [2.45, 2.75) is 6.61 Å². The molecule has 0 fully saturated rings. The smallest absolute Gasteiger partial charge is 0.338 e. The highest BCUT2D eigenvalue weighted by Crippen LogP contribution is 2.30. The first kappa shape index (κ1) is 18.4. The molecule has 0 atom stereocenters. The van der Waals surface area contributed by atoms with Crippen molar-refractivity contribution in [2.24, 2.45) is 0 Å². The predicted molar refractivity (Wildman–Crippen MR) is 106 cm³/mol. The number of hydrogen-bond acceptors (Lipinski definition) is 5. The first-order valence-electron chi connectivity index (χ1n) is 8.96. The summed E-state index contributed by atoms with van der Waals surface area (Å²) in [5.74, 6) is -0.846. The van der Waals surface area contributed by atoms with Gasteiger partial charge in [-0.05, 0) is 48.0 Å². The van der Waals surface area contributed by atoms with Crippen molar-refractivity contribution in [3.05, 3.63) is 95.1 Å². The molecule has 0 radical (unpaired) electrons. The molecule has 0 spiro atoms. The number of amides is 2. The van der Waals surface area contributed by atoms with Crippen molar-refractivity contribution >= 4 is 23.5 Å². The number of methoxy groups -OCH3 is 1. The van der Waals surface area contributed by atoms with Crippen LogP contribution in [0.5, 0.6) is 5.75 Å². The quantitative estimate of drug-likeness (QED) is 0.491. The van der Waals surface area contributed by atoms with Crippen LogP contribution < -0.4 is 9.64 Å². The van der Waals surface area contributed by atoms with Crippen molar-refractivity contribution in [3.63, 3.8) is 0 Å². The van der Waals surface area contributed by atoms with E-state index in [0.717, 1.165) is 10.5 Å². The van der Waals surface area contributed by atoms with Crippen LogP contribution in [0.1, 0.15) is 36.6 Å². The number of nitrogens with zero attached hydrogens (tertiary/aromatic N) is 1. The minimum atomic E-state index is -0.556. The topological polar surface area (TPSA) is 72.9 Å². The number of hydrogen-bond donors (Lipinski definition) is 0. The summed E-state index contributed by atoms with van der Waals surface area (Å²) in [5, 5.41) is 0. The lowest BCUT2D eigenvalue weighted by Gasteiger charge is -2.14. The Hall–Kier alpha value is -3.93. The van der Waals surface area contributed by atoms with Crippen LogP contribution in [0, 0.1) is 0 Å². The van der Waals surface area contributed by atoms with E-state index in [4.69, 9.17) is 9.47 Å². The zero-order chi connectivity index (χ0) is 20.4. The van der Waals surface area contributed by atoms with E-state index in [1.165, 1.54) is 25.3 Å². The lowest BCUT2D eigenvalue weighted by Crippen LogP contribution is -2.29. The van der Waals surface area contributed by atoms with Crippen LogP contribution in [-0.2, 0) is 11.3 Å². The molecule has 0 unspecified atom stereocenters. The van der Waals surface area contributed by atoms with Gasteiger partial charge in [0.15, 0.2) is 0 Å². The van der Waals surface area contributed by atoms with Crippen molar-refractivity contribution in [1.29, 1.82) is 0 Å². The summed E-state index contributed by atoms with van der Waals surface area (Å²) in [4.78, 5) is 39.0. The Morgan fingerprint density at radius 3 is 2.24 bits per heavy atom. The van der Waals surface area contributed by atoms with Crippen LogP contribution >= 0.6 is 0 Å². The number of rotatable bonds is 5. The SMILES string of the molecule is COc1ccc(N2C(=O)c3ccc(C(=O)OCc4ccccc4)cc3C2=O)cc1. The van der Waals surface area contributed by atoms with E-state index in [-0.39, 0.29) is 23.3 Å². The third kappa shape index (κ3) is 3.48. The molecule has 3 aromatic carbocycles. The summed E-state index contributed by atoms with van der Waals surface area (Å²) in [6.07, 6.45) is 0. The van der Waals surface area contributed by atoms with E-state index >= 15 is 0 Å². The molecule has 0 aliphatic carbocycles. The minimum Gasteiger partial charge on any atom is -0.497 e. The monoisotopic (exact) mass is 387 g/mol. The maximum absolute atomic E-state index is 12.8. The van der Waals surface area contributed by atoms with Gasteiger partial charge in [-0.3, -0.25) is 9.59 Å². The van der Waals surface area contributed by atoms with Gasteiger partial charge in [0, 0.05) is 0 Å². The van der Waals surface area contributed by atoms with Crippen LogP contribution in [-0.4, -0.2) is 24.9 Å². The third-order valence-electron chi connectivity index (χ3n) is 4.67. The lowest BCUT2D eigenvalue weighted by atomic mass is 10.1. The van der Waals surface area contributed by atoms with Gasteiger partial charge in [0.2, 0.25) is 0 Å². The van der Waals surface area contributed by atoms with E-state index in [1.807, 2.05) is 30.3 Å². The van der Waals surface area contributed by atoms with Crippen molar-refractivity contribution in [3.8, 4) is 5.75 Å². The molecule has 29 heavy (non-hydrogen) atoms. The molecule has 1 aliphatic rings. The van der Waals surface area contributed by atoms with Crippen molar-refractivity contribution in [2.75, 3.05) is 12.0 Å². The molecule has 0 saturated carbocycles. The Morgan fingerprint density at radius 2 is 1.55 bits per heavy atom. The number of esters is 1. The molecule has 4 rings (SSSR count). The molecular formula is C23H17NO5. The summed E-state index contributed by atoms with van der Waals surface area (Å²) >= 11 is 0. The van der Waals surface area contributed by atoms with Gasteiger partial charge in [0.1, 0.15) is 12.4 Å². The summed E-state index contributed by atoms with van der Waals surface area (Å²) in [7, 11) is 1.54. The summed E-state index contributed by atoms with van der Waals surface area (Å²) in [6.45, 7) is 0.127. The Labute approximate surface area is 167 Å². The molecule has 1 heterocycles. The second-order valence-electron chi connectivity index (χ2n) is 6.47. The largest absolute Gasteiger partial charge is 0.497 e. The second kappa shape index (κ2) is 7.59. The maximum Gasteiger partial charge on any atom is 0.338 e. The number of carbonyl (C=O) groups excluding carboxylic acids is 3. The van der Waals surface area contributed by atoms with Gasteiger partial charge in [-0.25, -0.2) is 9.69 Å². The molecule has 0 aromatic heterocycles. The molecule has 0 N–H and O–H groups in total. The van der Waals surface area contributed by atoms with E-state index in [2.05, 4.69) is 0 Å². The fraction of sp³-hybridized carbons (Fsp3) is 0.0870. The summed E-state index contributed by atoms with van der Waals surface area (Å²) in [5.41, 5.74) is 1.95. The van der Waals surface area contributed by atoms with E-state index < -0.39 is 17.8 Å². The average molecular weight is 387 g/mol. The van der Waals surface area contributed by atoms with Gasteiger partial charge in [0.05, 0.1) is 29.5 Å². The van der Waals surface area contributed by atoms with E-state index in [9.17, 15) is 14.4 Å². The fourth-order valence-electron chi connectivity index (χ4n) is 3.14. The van der Waals surface area contributed by atoms with Gasteiger partial charge in [0.25, 0.3) is 11.8 Å². The Bertz CT molecular complexity index is 1090. The first-order valence-corrected chi connectivity index (χ1v) is 8.96. The lowest BCUT2D eigenvalue weighted by molar-refractivity contribution is 0.0472. The number of imide groups is 1. The minimum absolute atomic E-state index is 0.127. The van der Waals surface area contributed by atoms with Crippen LogP contribution in [0.4, 0.5) is 5.69 Å². The van der Waals surface area contributed by atoms with Crippen molar-refractivity contribution < 1.29 is 23.9 Å². The van der Waals surface area contributed by atoms with Crippen LogP contribution in [0.25, 0.3) is 0 Å². The zero-order valence-corrected chi connectivity index (χ0v) is 15.6. The molecule has 144 valence electrons. The fourth-order valence-corrected chi connectivity index (χ4v) is 3.14. The summed E-state index contributed by atoms with van der Waals surface area (Å²) in [6, 6.07) is 20.3. The third-order valence-corrected chi connectivity index (χ3v) is 4.67. The molecule has 3 aromatic rings. The molecule has 0 bridgehead atoms. The number of benzene rings is 3. The standard InChI is InChI=1S/C23H17NO5/c1-28-18-10-8-17(9-11-18)24-21(25)19-12-7-16(13-20(19)22(24)26)23(27)29-14-15-5-3-2-4-6-15/h2-13H,14H2,1H3. The van der Waals surface area contributed by atoms with Gasteiger partial charge in [-0.1, -0.05) is 30.3 Å². The number of fused-ring (bicyclic) bond motifs is 1. The molecular weight excluding hydrogens is 370 g/mol. The molecule has 2 amide bonds. The Kier molecular flexibility index (Phi) is 4.83. The second-order valence-corrected chi connectivity index (χ2v) is 6.47. The predicted octanol–water partition coefficient (Wildman–Crippen LogP) is 3.85. The maximum atomic E-state index is 12.8. The van der Waals surface area contributed by atoms with Gasteiger partial charge in [-0.2, -0.15) is 0 Å². The molecule has 1 aliphatic heterocycles. The number of carbonyl (C=O) groups is 3. The molecule has 0 saturated heterocycles. The van der Waals surface area contributed by atoms with Crippen LogP contribution in [0.2, 0.25) is 0 Å². The average Bonchev–Trinajstić information content (AvgIpc) is 3.02. The van der Waals surface area contributed by atoms with E-state index in [1.54, 1.807) is 24.3 Å². The Balaban J connectivity index is 1.55. The van der Waals surface area contributed by atoms with Crippen molar-refractivity contribution in [1.82, 2.24) is 0 Å². The highest BCUT2D eigenvalue weighted by atomic mass is 16.5.